The fourth-order valence-corrected chi connectivity index (χ4v) is 3.15. The smallest absolute Gasteiger partial charge is 0.0491 e. The second-order valence-corrected chi connectivity index (χ2v) is 5.58. The summed E-state index contributed by atoms with van der Waals surface area (Å²) in [5.74, 6) is 0. The Morgan fingerprint density at radius 3 is 2.57 bits per heavy atom. The molecule has 0 saturated carbocycles. The molecular weight excluding hydrogens is 258 g/mol. The molecule has 1 heterocycles. The Labute approximate surface area is 125 Å². The van der Waals surface area contributed by atoms with Crippen LogP contribution in [0.3, 0.4) is 0 Å². The topological polar surface area (TPSA) is 57.0 Å². The van der Waals surface area contributed by atoms with E-state index in [9.17, 15) is 0 Å². The average Bonchev–Trinajstić information content (AvgIpc) is 2.85. The van der Waals surface area contributed by atoms with Gasteiger partial charge in [0, 0.05) is 34.4 Å². The van der Waals surface area contributed by atoms with Crippen molar-refractivity contribution in [2.45, 2.75) is 32.4 Å². The van der Waals surface area contributed by atoms with E-state index in [-0.39, 0.29) is 6.04 Å². The summed E-state index contributed by atoms with van der Waals surface area (Å²) in [4.78, 5) is 0. The number of nitrogens with two attached hydrogens (primary N) is 2. The highest BCUT2D eigenvalue weighted by molar-refractivity contribution is 6.08. The molecule has 3 heteroatoms. The molecule has 110 valence electrons. The van der Waals surface area contributed by atoms with Crippen molar-refractivity contribution in [1.82, 2.24) is 4.57 Å². The molecule has 0 radical (unpaired) electrons. The number of rotatable bonds is 5. The predicted octanol–water partition coefficient (Wildman–Crippen LogP) is 3.55. The van der Waals surface area contributed by atoms with E-state index in [1.165, 1.54) is 27.4 Å². The van der Waals surface area contributed by atoms with Crippen molar-refractivity contribution in [3.63, 3.8) is 0 Å². The van der Waals surface area contributed by atoms with Gasteiger partial charge in [-0.05, 0) is 50.1 Å². The third-order valence-electron chi connectivity index (χ3n) is 4.26. The highest BCUT2D eigenvalue weighted by atomic mass is 15.0. The molecule has 0 unspecified atom stereocenters. The van der Waals surface area contributed by atoms with Gasteiger partial charge < -0.3 is 16.0 Å². The Hall–Kier alpha value is -1.84. The fraction of sp³-hybridized carbons (Fsp3) is 0.333. The second kappa shape index (κ2) is 5.88. The van der Waals surface area contributed by atoms with Crippen molar-refractivity contribution in [3.05, 3.63) is 48.0 Å². The van der Waals surface area contributed by atoms with Crippen molar-refractivity contribution in [2.75, 3.05) is 6.54 Å². The third kappa shape index (κ3) is 2.43. The maximum Gasteiger partial charge on any atom is 0.0491 e. The monoisotopic (exact) mass is 281 g/mol. The van der Waals surface area contributed by atoms with E-state index in [2.05, 4.69) is 54.0 Å². The minimum atomic E-state index is 0.0710. The molecule has 21 heavy (non-hydrogen) atoms. The molecule has 0 spiro atoms. The summed E-state index contributed by atoms with van der Waals surface area (Å²) in [6.45, 7) is 3.86. The molecule has 0 saturated heterocycles. The van der Waals surface area contributed by atoms with Gasteiger partial charge in [-0.25, -0.2) is 0 Å². The SMILES string of the molecule is CCn1c2ccccc2c2cc([C@@H](N)CCCN)ccc21. The van der Waals surface area contributed by atoms with Gasteiger partial charge >= 0.3 is 0 Å². The summed E-state index contributed by atoms with van der Waals surface area (Å²) in [6.07, 6.45) is 1.91. The van der Waals surface area contributed by atoms with Gasteiger partial charge in [0.1, 0.15) is 0 Å². The zero-order valence-electron chi connectivity index (χ0n) is 12.5. The number of hydrogen-bond donors (Lipinski definition) is 2. The molecule has 3 aromatic rings. The summed E-state index contributed by atoms with van der Waals surface area (Å²) in [5, 5.41) is 2.61. The van der Waals surface area contributed by atoms with Crippen LogP contribution in [0.4, 0.5) is 0 Å². The van der Waals surface area contributed by atoms with Crippen LogP contribution >= 0.6 is 0 Å². The summed E-state index contributed by atoms with van der Waals surface area (Å²) in [7, 11) is 0. The molecule has 3 nitrogen and oxygen atoms in total. The molecule has 0 amide bonds. The standard InChI is InChI=1S/C18H23N3/c1-2-21-17-8-4-3-6-14(17)15-12-13(9-10-18(15)21)16(20)7-5-11-19/h3-4,6,8-10,12,16H,2,5,7,11,19-20H2,1H3/t16-/m0/s1. The van der Waals surface area contributed by atoms with Gasteiger partial charge in [-0.2, -0.15) is 0 Å². The van der Waals surface area contributed by atoms with E-state index in [4.69, 9.17) is 11.5 Å². The van der Waals surface area contributed by atoms with Crippen molar-refractivity contribution in [2.24, 2.45) is 11.5 Å². The van der Waals surface area contributed by atoms with Gasteiger partial charge in [0.25, 0.3) is 0 Å². The van der Waals surface area contributed by atoms with Crippen molar-refractivity contribution < 1.29 is 0 Å². The molecule has 4 N–H and O–H groups in total. The first kappa shape index (κ1) is 14.1. The summed E-state index contributed by atoms with van der Waals surface area (Å²) < 4.78 is 2.36. The van der Waals surface area contributed by atoms with E-state index in [0.717, 1.165) is 19.4 Å². The first-order chi connectivity index (χ1) is 10.3. The third-order valence-corrected chi connectivity index (χ3v) is 4.26. The highest BCUT2D eigenvalue weighted by Gasteiger charge is 2.12. The van der Waals surface area contributed by atoms with Crippen LogP contribution in [-0.2, 0) is 6.54 Å². The van der Waals surface area contributed by atoms with Gasteiger partial charge in [-0.3, -0.25) is 0 Å². The number of benzene rings is 2. The minimum absolute atomic E-state index is 0.0710. The lowest BCUT2D eigenvalue weighted by atomic mass is 10.0. The molecule has 0 bridgehead atoms. The van der Waals surface area contributed by atoms with Crippen LogP contribution in [0.5, 0.6) is 0 Å². The quantitative estimate of drug-likeness (QED) is 0.751. The first-order valence-corrected chi connectivity index (χ1v) is 7.72. The lowest BCUT2D eigenvalue weighted by molar-refractivity contribution is 0.618. The molecule has 0 aliphatic rings. The Morgan fingerprint density at radius 2 is 1.81 bits per heavy atom. The first-order valence-electron chi connectivity index (χ1n) is 7.72. The molecular formula is C18H23N3. The molecule has 2 aromatic carbocycles. The summed E-state index contributed by atoms with van der Waals surface area (Å²) in [5.41, 5.74) is 15.7. The lowest BCUT2D eigenvalue weighted by Crippen LogP contribution is -2.12. The van der Waals surface area contributed by atoms with Crippen LogP contribution in [0.1, 0.15) is 31.4 Å². The lowest BCUT2D eigenvalue weighted by Gasteiger charge is -2.12. The normalized spacial score (nSPS) is 13.1. The van der Waals surface area contributed by atoms with Crippen LogP contribution < -0.4 is 11.5 Å². The number of aryl methyl sites for hydroxylation is 1. The number of fused-ring (bicyclic) bond motifs is 3. The Balaban J connectivity index is 2.15. The zero-order chi connectivity index (χ0) is 14.8. The van der Waals surface area contributed by atoms with Crippen LogP contribution in [0.15, 0.2) is 42.5 Å². The number of aromatic nitrogens is 1. The van der Waals surface area contributed by atoms with E-state index >= 15 is 0 Å². The maximum absolute atomic E-state index is 6.29. The molecule has 3 rings (SSSR count). The van der Waals surface area contributed by atoms with E-state index in [1.54, 1.807) is 0 Å². The van der Waals surface area contributed by atoms with Gasteiger partial charge in [0.15, 0.2) is 0 Å². The van der Waals surface area contributed by atoms with Crippen molar-refractivity contribution in [1.29, 1.82) is 0 Å². The fourth-order valence-electron chi connectivity index (χ4n) is 3.15. The Morgan fingerprint density at radius 1 is 1.05 bits per heavy atom. The Bertz CT molecular complexity index is 758. The molecule has 0 aliphatic carbocycles. The van der Waals surface area contributed by atoms with Gasteiger partial charge in [0.2, 0.25) is 0 Å². The summed E-state index contributed by atoms with van der Waals surface area (Å²) >= 11 is 0. The predicted molar refractivity (Wildman–Crippen MR) is 90.3 cm³/mol. The van der Waals surface area contributed by atoms with Crippen LogP contribution in [0, 0.1) is 0 Å². The number of hydrogen-bond acceptors (Lipinski definition) is 2. The summed E-state index contributed by atoms with van der Waals surface area (Å²) in [6, 6.07) is 15.3. The molecule has 0 aliphatic heterocycles. The van der Waals surface area contributed by atoms with Crippen LogP contribution in [0.25, 0.3) is 21.8 Å². The van der Waals surface area contributed by atoms with Crippen molar-refractivity contribution in [3.8, 4) is 0 Å². The van der Waals surface area contributed by atoms with Gasteiger partial charge in [-0.15, -0.1) is 0 Å². The van der Waals surface area contributed by atoms with E-state index in [0.29, 0.717) is 6.54 Å². The van der Waals surface area contributed by atoms with Gasteiger partial charge in [-0.1, -0.05) is 24.3 Å². The number of para-hydroxylation sites is 1. The van der Waals surface area contributed by atoms with E-state index < -0.39 is 0 Å². The number of nitrogens with zero attached hydrogens (tertiary/aromatic N) is 1. The molecule has 1 atom stereocenters. The minimum Gasteiger partial charge on any atom is -0.341 e. The van der Waals surface area contributed by atoms with Crippen LogP contribution in [0.2, 0.25) is 0 Å². The molecule has 1 aromatic heterocycles. The van der Waals surface area contributed by atoms with E-state index in [1.807, 2.05) is 0 Å². The van der Waals surface area contributed by atoms with Gasteiger partial charge in [0.05, 0.1) is 0 Å². The maximum atomic E-state index is 6.29. The second-order valence-electron chi connectivity index (χ2n) is 5.58. The highest BCUT2D eigenvalue weighted by Crippen LogP contribution is 2.31. The average molecular weight is 281 g/mol. The molecule has 0 fully saturated rings. The largest absolute Gasteiger partial charge is 0.341 e. The van der Waals surface area contributed by atoms with Crippen LogP contribution in [-0.4, -0.2) is 11.1 Å². The zero-order valence-corrected chi connectivity index (χ0v) is 12.5. The Kier molecular flexibility index (Phi) is 3.95. The van der Waals surface area contributed by atoms with Crippen molar-refractivity contribution >= 4 is 21.8 Å².